The summed E-state index contributed by atoms with van der Waals surface area (Å²) in [4.78, 5) is 1.10. The van der Waals surface area contributed by atoms with Gasteiger partial charge in [0.1, 0.15) is 11.7 Å². The van der Waals surface area contributed by atoms with Gasteiger partial charge in [0.2, 0.25) is 0 Å². The highest BCUT2D eigenvalue weighted by atomic mass is 32.2. The number of thioether (sulfide) groups is 1. The van der Waals surface area contributed by atoms with Gasteiger partial charge in [0, 0.05) is 22.3 Å². The van der Waals surface area contributed by atoms with Crippen LogP contribution in [0.2, 0.25) is 16.6 Å². The van der Waals surface area contributed by atoms with E-state index in [4.69, 9.17) is 13.9 Å². The van der Waals surface area contributed by atoms with Crippen molar-refractivity contribution in [2.75, 3.05) is 0 Å². The first-order valence-corrected chi connectivity index (χ1v) is 22.4. The van der Waals surface area contributed by atoms with Crippen molar-refractivity contribution in [2.45, 2.75) is 121 Å². The molecule has 1 aliphatic rings. The van der Waals surface area contributed by atoms with E-state index in [1.165, 1.54) is 0 Å². The van der Waals surface area contributed by atoms with E-state index in [-0.39, 0.29) is 6.42 Å². The molecule has 0 radical (unpaired) electrons. The fourth-order valence-corrected chi connectivity index (χ4v) is 14.8. The molecule has 2 atom stereocenters. The predicted octanol–water partition coefficient (Wildman–Crippen LogP) is 12.5. The van der Waals surface area contributed by atoms with Gasteiger partial charge in [0.25, 0.3) is 8.32 Å². The molecule has 0 bridgehead atoms. The van der Waals surface area contributed by atoms with Crippen molar-refractivity contribution in [3.8, 4) is 0 Å². The van der Waals surface area contributed by atoms with Crippen LogP contribution in [-0.2, 0) is 27.1 Å². The lowest BCUT2D eigenvalue weighted by molar-refractivity contribution is -0.167. The fourth-order valence-electron chi connectivity index (χ4n) is 8.38. The van der Waals surface area contributed by atoms with Gasteiger partial charge in [0.15, 0.2) is 6.29 Å². The smallest absolute Gasteiger partial charge is 0.258 e. The molecule has 0 aliphatic heterocycles. The molecule has 288 valence electrons. The maximum atomic E-state index is 13.3. The van der Waals surface area contributed by atoms with E-state index >= 15 is 0 Å². The predicted molar refractivity (Wildman–Crippen MR) is 225 cm³/mol. The zero-order valence-corrected chi connectivity index (χ0v) is 35.4. The summed E-state index contributed by atoms with van der Waals surface area (Å²) in [5, 5.41) is 28.3. The normalized spacial score (nSPS) is 19.0. The highest BCUT2D eigenvalue weighted by Gasteiger charge is 2.57. The molecule has 0 unspecified atom stereocenters. The van der Waals surface area contributed by atoms with Crippen LogP contribution in [0.3, 0.4) is 0 Å². The minimum atomic E-state index is -2.44. The average molecular weight is 765 g/mol. The molecule has 5 rings (SSSR count). The highest BCUT2D eigenvalue weighted by Crippen LogP contribution is 2.58. The fraction of sp³-hybridized carbons (Fsp3) is 0.404. The van der Waals surface area contributed by atoms with E-state index in [0.717, 1.165) is 32.9 Å². The minimum Gasteiger partial charge on any atom is -0.545 e. The molecule has 4 aromatic carbocycles. The first-order chi connectivity index (χ1) is 25.7. The van der Waals surface area contributed by atoms with Crippen LogP contribution in [0.25, 0.3) is 0 Å². The van der Waals surface area contributed by atoms with Gasteiger partial charge >= 0.3 is 0 Å². The van der Waals surface area contributed by atoms with E-state index in [2.05, 4.69) is 66.0 Å². The Labute approximate surface area is 329 Å². The number of hydrogen-bond acceptors (Lipinski definition) is 6. The van der Waals surface area contributed by atoms with Crippen molar-refractivity contribution < 1.29 is 24.1 Å². The van der Waals surface area contributed by atoms with Crippen LogP contribution in [0.4, 0.5) is 0 Å². The third-order valence-electron chi connectivity index (χ3n) is 11.6. The van der Waals surface area contributed by atoms with Crippen molar-refractivity contribution in [2.24, 2.45) is 5.41 Å². The number of ether oxygens (including phenoxy) is 2. The molecule has 0 heterocycles. The van der Waals surface area contributed by atoms with Gasteiger partial charge < -0.3 is 24.1 Å². The summed E-state index contributed by atoms with van der Waals surface area (Å²) in [5.41, 5.74) is 3.70. The zero-order valence-electron chi connectivity index (χ0n) is 33.6. The molecular formula is C47H60O5SSi. The molecule has 0 aromatic heterocycles. The number of allylic oxidation sites excluding steroid dienone is 1. The molecule has 4 aromatic rings. The first-order valence-electron chi connectivity index (χ1n) is 19.3. The Morgan fingerprint density at radius 1 is 0.685 bits per heavy atom. The van der Waals surface area contributed by atoms with E-state index < -0.39 is 31.7 Å². The highest BCUT2D eigenvalue weighted by molar-refractivity contribution is 8.02. The minimum absolute atomic E-state index is 0.163. The number of benzene rings is 4. The Balaban J connectivity index is 1.61. The standard InChI is InChI=1S/C47H60O5SSi/c1-33(2)54(34(3)4,35(5)6)52-43-29-47(49,46(8,9)42(36(43)7)32-53-39-25-17-12-18-26-39)44(48)40-27-19-20-28-41(40)45(50-30-37-21-13-10-14-22-37)51-31-38-23-15-11-16-24-38/h10-28,32-35,44-45,48-49H,29-31H2,1-9H3/b42-32+/t44-,47+/m0/s1. The average Bonchev–Trinajstić information content (AvgIpc) is 3.16. The first kappa shape index (κ1) is 41.7. The Morgan fingerprint density at radius 2 is 1.13 bits per heavy atom. The summed E-state index contributed by atoms with van der Waals surface area (Å²) in [6.07, 6.45) is -1.96. The topological polar surface area (TPSA) is 68.2 Å². The van der Waals surface area contributed by atoms with E-state index in [1.54, 1.807) is 11.8 Å². The van der Waals surface area contributed by atoms with Gasteiger partial charge in [-0.25, -0.2) is 0 Å². The summed E-state index contributed by atoms with van der Waals surface area (Å²) in [5.74, 6) is 0.772. The van der Waals surface area contributed by atoms with Crippen LogP contribution in [-0.4, -0.2) is 24.1 Å². The Kier molecular flexibility index (Phi) is 13.9. The SMILES string of the molecule is CC1=C(O[Si](C(C)C)(C(C)C)C(C)C)C[C@@](O)([C@@H](O)c2ccccc2C(OCc2ccccc2)OCc2ccccc2)C(C)(C)/C1=C/Sc1ccccc1. The van der Waals surface area contributed by atoms with Crippen molar-refractivity contribution in [1.29, 1.82) is 0 Å². The lowest BCUT2D eigenvalue weighted by Gasteiger charge is -2.53. The van der Waals surface area contributed by atoms with Crippen LogP contribution in [0.5, 0.6) is 0 Å². The van der Waals surface area contributed by atoms with Gasteiger partial charge in [0.05, 0.1) is 19.0 Å². The van der Waals surface area contributed by atoms with Crippen LogP contribution in [0, 0.1) is 5.41 Å². The second-order valence-corrected chi connectivity index (χ2v) is 22.4. The largest absolute Gasteiger partial charge is 0.545 e. The lowest BCUT2D eigenvalue weighted by Crippen LogP contribution is -2.55. The molecule has 0 spiro atoms. The molecule has 0 fully saturated rings. The van der Waals surface area contributed by atoms with Crippen LogP contribution < -0.4 is 0 Å². The van der Waals surface area contributed by atoms with Crippen molar-refractivity contribution >= 4 is 20.1 Å². The molecule has 7 heteroatoms. The molecular weight excluding hydrogens is 705 g/mol. The molecule has 0 amide bonds. The second-order valence-electron chi connectivity index (χ2n) is 16.1. The molecule has 0 saturated carbocycles. The van der Waals surface area contributed by atoms with Crippen molar-refractivity contribution in [3.05, 3.63) is 160 Å². The Hall–Kier alpha value is -3.43. The third-order valence-corrected chi connectivity index (χ3v) is 18.5. The lowest BCUT2D eigenvalue weighted by atomic mass is 9.59. The summed E-state index contributed by atoms with van der Waals surface area (Å²) in [7, 11) is -2.44. The maximum absolute atomic E-state index is 13.3. The number of rotatable bonds is 16. The molecule has 2 N–H and O–H groups in total. The molecule has 5 nitrogen and oxygen atoms in total. The number of aliphatic hydroxyl groups excluding tert-OH is 1. The van der Waals surface area contributed by atoms with E-state index in [1.807, 2.05) is 117 Å². The maximum Gasteiger partial charge on any atom is 0.258 e. The van der Waals surface area contributed by atoms with Crippen molar-refractivity contribution in [3.63, 3.8) is 0 Å². The van der Waals surface area contributed by atoms with E-state index in [9.17, 15) is 10.2 Å². The monoisotopic (exact) mass is 764 g/mol. The van der Waals surface area contributed by atoms with Gasteiger partial charge in [-0.15, -0.1) is 0 Å². The van der Waals surface area contributed by atoms with Crippen LogP contribution >= 0.6 is 11.8 Å². The molecule has 1 aliphatic carbocycles. The second kappa shape index (κ2) is 18.0. The summed E-state index contributed by atoms with van der Waals surface area (Å²) < 4.78 is 20.5. The number of hydrogen-bond donors (Lipinski definition) is 2. The van der Waals surface area contributed by atoms with Crippen LogP contribution in [0.1, 0.15) is 103 Å². The summed E-state index contributed by atoms with van der Waals surface area (Å²) >= 11 is 1.62. The Bertz CT molecular complexity index is 1790. The molecule has 54 heavy (non-hydrogen) atoms. The van der Waals surface area contributed by atoms with E-state index in [0.29, 0.717) is 41.0 Å². The summed E-state index contributed by atoms with van der Waals surface area (Å²) in [6, 6.07) is 37.9. The van der Waals surface area contributed by atoms with Gasteiger partial charge in [-0.3, -0.25) is 0 Å². The third kappa shape index (κ3) is 8.83. The van der Waals surface area contributed by atoms with Gasteiger partial charge in [-0.1, -0.05) is 170 Å². The van der Waals surface area contributed by atoms with Gasteiger partial charge in [-0.2, -0.15) is 0 Å². The zero-order chi connectivity index (χ0) is 39.1. The van der Waals surface area contributed by atoms with Crippen LogP contribution in [0.15, 0.2) is 142 Å². The quantitative estimate of drug-likeness (QED) is 0.0673. The number of aliphatic hydroxyl groups is 2. The van der Waals surface area contributed by atoms with Gasteiger partial charge in [-0.05, 0) is 68.9 Å². The van der Waals surface area contributed by atoms with Crippen molar-refractivity contribution in [1.82, 2.24) is 0 Å². The summed E-state index contributed by atoms with van der Waals surface area (Å²) in [6.45, 7) is 20.5. The molecule has 0 saturated heterocycles. The Morgan fingerprint density at radius 3 is 1.61 bits per heavy atom.